The molecule has 3 aromatic rings. The minimum absolute atomic E-state index is 0.0152. The second-order valence-electron chi connectivity index (χ2n) is 9.50. The summed E-state index contributed by atoms with van der Waals surface area (Å²) in [6.45, 7) is 1.67. The highest BCUT2D eigenvalue weighted by atomic mass is 35.5. The lowest BCUT2D eigenvalue weighted by Gasteiger charge is -2.43. The molecule has 0 saturated carbocycles. The average Bonchev–Trinajstić information content (AvgIpc) is 2.88. The predicted octanol–water partition coefficient (Wildman–Crippen LogP) is 5.83. The van der Waals surface area contributed by atoms with Gasteiger partial charge in [0, 0.05) is 49.1 Å². The minimum Gasteiger partial charge on any atom is -0.493 e. The molecular formula is C29H30ClFN2O3. The zero-order valence-electron chi connectivity index (χ0n) is 20.3. The molecule has 1 fully saturated rings. The zero-order valence-corrected chi connectivity index (χ0v) is 21.1. The quantitative estimate of drug-likeness (QED) is 0.384. The fraction of sp³-hybridized carbons (Fsp3) is 0.310. The Morgan fingerprint density at radius 1 is 1.06 bits per heavy atom. The van der Waals surface area contributed by atoms with Crippen LogP contribution in [0.25, 0.3) is 0 Å². The van der Waals surface area contributed by atoms with Crippen LogP contribution in [0.1, 0.15) is 35.2 Å². The molecule has 1 heterocycles. The van der Waals surface area contributed by atoms with Crippen molar-refractivity contribution in [3.63, 3.8) is 0 Å². The van der Waals surface area contributed by atoms with Crippen LogP contribution in [0.2, 0.25) is 5.02 Å². The van der Waals surface area contributed by atoms with Crippen LogP contribution in [0.15, 0.2) is 78.9 Å². The molecule has 36 heavy (non-hydrogen) atoms. The summed E-state index contributed by atoms with van der Waals surface area (Å²) in [5, 5.41) is 0.610. The van der Waals surface area contributed by atoms with E-state index in [-0.39, 0.29) is 24.8 Å². The van der Waals surface area contributed by atoms with Crippen molar-refractivity contribution in [1.82, 2.24) is 9.80 Å². The van der Waals surface area contributed by atoms with Crippen molar-refractivity contribution in [1.29, 1.82) is 0 Å². The molecule has 1 atom stereocenters. The summed E-state index contributed by atoms with van der Waals surface area (Å²) in [6.07, 6.45) is 1.69. The van der Waals surface area contributed by atoms with Gasteiger partial charge < -0.3 is 14.5 Å². The Kier molecular flexibility index (Phi) is 8.26. The lowest BCUT2D eigenvalue weighted by molar-refractivity contribution is -0.134. The molecular weight excluding hydrogens is 479 g/mol. The summed E-state index contributed by atoms with van der Waals surface area (Å²) in [5.74, 6) is -0.0564. The Balaban J connectivity index is 1.53. The normalized spacial score (nSPS) is 17.5. The van der Waals surface area contributed by atoms with Crippen LogP contribution >= 0.6 is 11.6 Å². The average molecular weight is 509 g/mol. The molecule has 1 aliphatic heterocycles. The summed E-state index contributed by atoms with van der Waals surface area (Å²) < 4.78 is 19.9. The van der Waals surface area contributed by atoms with Gasteiger partial charge in [0.1, 0.15) is 11.6 Å². The first-order chi connectivity index (χ1) is 17.3. The molecule has 0 spiro atoms. The van der Waals surface area contributed by atoms with Crippen molar-refractivity contribution in [2.75, 3.05) is 26.7 Å². The largest absolute Gasteiger partial charge is 0.493 e. The van der Waals surface area contributed by atoms with Gasteiger partial charge in [-0.2, -0.15) is 0 Å². The van der Waals surface area contributed by atoms with Crippen molar-refractivity contribution in [2.45, 2.75) is 25.8 Å². The summed E-state index contributed by atoms with van der Waals surface area (Å²) in [6, 6.07) is 22.6. The van der Waals surface area contributed by atoms with Gasteiger partial charge in [0.05, 0.1) is 6.61 Å². The highest BCUT2D eigenvalue weighted by Crippen LogP contribution is 2.36. The minimum atomic E-state index is -0.580. The molecule has 7 heteroatoms. The van der Waals surface area contributed by atoms with Crippen LogP contribution in [-0.4, -0.2) is 48.4 Å². The van der Waals surface area contributed by atoms with Crippen LogP contribution < -0.4 is 4.74 Å². The van der Waals surface area contributed by atoms with Crippen LogP contribution in [0.4, 0.5) is 4.39 Å². The van der Waals surface area contributed by atoms with E-state index in [0.29, 0.717) is 36.0 Å². The third kappa shape index (κ3) is 6.64. The second kappa shape index (κ2) is 11.6. The van der Waals surface area contributed by atoms with Crippen LogP contribution in [0, 0.1) is 11.2 Å². The van der Waals surface area contributed by atoms with Gasteiger partial charge >= 0.3 is 0 Å². The zero-order chi connectivity index (χ0) is 25.5. The van der Waals surface area contributed by atoms with Crippen LogP contribution in [0.5, 0.6) is 5.75 Å². The van der Waals surface area contributed by atoms with Crippen LogP contribution in [-0.2, 0) is 11.3 Å². The molecule has 0 aromatic heterocycles. The van der Waals surface area contributed by atoms with E-state index in [4.69, 9.17) is 16.3 Å². The number of rotatable bonds is 8. The number of halogens is 2. The second-order valence-corrected chi connectivity index (χ2v) is 9.93. The van der Waals surface area contributed by atoms with E-state index in [2.05, 4.69) is 0 Å². The molecule has 4 rings (SSSR count). The number of hydrogen-bond donors (Lipinski definition) is 0. The Morgan fingerprint density at radius 2 is 1.81 bits per heavy atom. The topological polar surface area (TPSA) is 49.9 Å². The van der Waals surface area contributed by atoms with Crippen molar-refractivity contribution < 1.29 is 18.7 Å². The molecule has 1 aliphatic rings. The van der Waals surface area contributed by atoms with E-state index in [1.165, 1.54) is 18.2 Å². The lowest BCUT2D eigenvalue weighted by Crippen LogP contribution is -2.50. The van der Waals surface area contributed by atoms with Gasteiger partial charge in [-0.15, -0.1) is 0 Å². The molecule has 0 bridgehead atoms. The third-order valence-electron chi connectivity index (χ3n) is 6.59. The first kappa shape index (κ1) is 25.7. The predicted molar refractivity (Wildman–Crippen MR) is 138 cm³/mol. The van der Waals surface area contributed by atoms with Crippen molar-refractivity contribution >= 4 is 23.4 Å². The maximum Gasteiger partial charge on any atom is 0.253 e. The molecule has 0 aliphatic carbocycles. The molecule has 3 aromatic carbocycles. The summed E-state index contributed by atoms with van der Waals surface area (Å²) in [4.78, 5) is 30.0. The fourth-order valence-electron chi connectivity index (χ4n) is 4.67. The number of ether oxygens (including phenoxy) is 1. The summed E-state index contributed by atoms with van der Waals surface area (Å²) in [5.41, 5.74) is 0.770. The maximum atomic E-state index is 13.8. The van der Waals surface area contributed by atoms with E-state index in [0.717, 1.165) is 18.4 Å². The Labute approximate surface area is 216 Å². The van der Waals surface area contributed by atoms with Gasteiger partial charge in [0.2, 0.25) is 5.91 Å². The van der Waals surface area contributed by atoms with Gasteiger partial charge in [-0.05, 0) is 60.9 Å². The molecule has 188 valence electrons. The summed E-state index contributed by atoms with van der Waals surface area (Å²) in [7, 11) is 1.79. The van der Waals surface area contributed by atoms with Gasteiger partial charge in [-0.25, -0.2) is 4.39 Å². The Bertz CT molecular complexity index is 1190. The van der Waals surface area contributed by atoms with E-state index in [1.54, 1.807) is 47.2 Å². The third-order valence-corrected chi connectivity index (χ3v) is 6.85. The maximum absolute atomic E-state index is 13.8. The molecule has 0 unspecified atom stereocenters. The number of benzene rings is 3. The number of carbonyl (C=O) groups is 2. The monoisotopic (exact) mass is 508 g/mol. The first-order valence-electron chi connectivity index (χ1n) is 12.0. The molecule has 2 amide bonds. The SMILES string of the molecule is CN(Cc1ccccc1)C(=O)C[C@]1(COc2ccc(Cl)cc2)CCCN(C(=O)c2cccc(F)c2)C1. The van der Waals surface area contributed by atoms with E-state index < -0.39 is 11.2 Å². The smallest absolute Gasteiger partial charge is 0.253 e. The Morgan fingerprint density at radius 3 is 2.53 bits per heavy atom. The van der Waals surface area contributed by atoms with Gasteiger partial charge in [0.25, 0.3) is 5.91 Å². The van der Waals surface area contributed by atoms with Crippen LogP contribution in [0.3, 0.4) is 0 Å². The van der Waals surface area contributed by atoms with Gasteiger partial charge in [-0.1, -0.05) is 48.0 Å². The molecule has 1 saturated heterocycles. The number of amides is 2. The lowest BCUT2D eigenvalue weighted by atomic mass is 9.77. The standard InChI is InChI=1S/C29H30ClFN2O3/c1-32(19-22-7-3-2-4-8-22)27(34)18-29(21-36-26-13-11-24(30)12-14-26)15-6-16-33(20-29)28(35)23-9-5-10-25(31)17-23/h2-5,7-14,17H,6,15-16,18-21H2,1H3/t29-/m1/s1. The van der Waals surface area contributed by atoms with E-state index in [1.807, 2.05) is 30.3 Å². The first-order valence-corrected chi connectivity index (χ1v) is 12.4. The van der Waals surface area contributed by atoms with E-state index >= 15 is 0 Å². The highest BCUT2D eigenvalue weighted by Gasteiger charge is 2.40. The molecule has 5 nitrogen and oxygen atoms in total. The number of carbonyl (C=O) groups excluding carboxylic acids is 2. The number of hydrogen-bond acceptors (Lipinski definition) is 3. The number of nitrogens with zero attached hydrogens (tertiary/aromatic N) is 2. The van der Waals surface area contributed by atoms with Crippen molar-refractivity contribution in [3.05, 3.63) is 101 Å². The Hall–Kier alpha value is -3.38. The van der Waals surface area contributed by atoms with Crippen molar-refractivity contribution in [2.24, 2.45) is 5.41 Å². The number of likely N-dealkylation sites (tertiary alicyclic amines) is 1. The number of piperidine rings is 1. The molecule has 0 N–H and O–H groups in total. The van der Waals surface area contributed by atoms with Crippen molar-refractivity contribution in [3.8, 4) is 5.75 Å². The van der Waals surface area contributed by atoms with Gasteiger partial charge in [0.15, 0.2) is 0 Å². The van der Waals surface area contributed by atoms with E-state index in [9.17, 15) is 14.0 Å². The highest BCUT2D eigenvalue weighted by molar-refractivity contribution is 6.30. The van der Waals surface area contributed by atoms with Gasteiger partial charge in [-0.3, -0.25) is 9.59 Å². The molecule has 0 radical (unpaired) electrons. The summed E-state index contributed by atoms with van der Waals surface area (Å²) >= 11 is 6.00. The fourth-order valence-corrected chi connectivity index (χ4v) is 4.79.